The van der Waals surface area contributed by atoms with Gasteiger partial charge in [-0.25, -0.2) is 0 Å². The number of hydrogen-bond donors (Lipinski definition) is 1. The van der Waals surface area contributed by atoms with E-state index in [0.717, 1.165) is 0 Å². The molecule has 1 atom stereocenters. The van der Waals surface area contributed by atoms with Crippen LogP contribution >= 0.6 is 11.6 Å². The fraction of sp³-hybridized carbons (Fsp3) is 0.438. The number of amides is 1. The number of Topliss-reactive ketones (excluding diaryl/α,β-unsaturated/α-hetero) is 1. The summed E-state index contributed by atoms with van der Waals surface area (Å²) < 4.78 is 5.34. The van der Waals surface area contributed by atoms with Gasteiger partial charge in [-0.1, -0.05) is 25.4 Å². The average Bonchev–Trinajstić information content (AvgIpc) is 2.45. The molecule has 1 aromatic carbocycles. The van der Waals surface area contributed by atoms with Crippen molar-refractivity contribution in [2.75, 3.05) is 6.61 Å². The monoisotopic (exact) mass is 322 g/mol. The molecule has 0 radical (unpaired) electrons. The summed E-state index contributed by atoms with van der Waals surface area (Å²) in [5, 5.41) is 12.1. The molecule has 5 nitrogen and oxygen atoms in total. The van der Waals surface area contributed by atoms with Gasteiger partial charge in [-0.3, -0.25) is 9.59 Å². The van der Waals surface area contributed by atoms with E-state index in [2.05, 4.69) is 11.4 Å². The van der Waals surface area contributed by atoms with Gasteiger partial charge in [-0.05, 0) is 38.0 Å². The van der Waals surface area contributed by atoms with Crippen LogP contribution in [0.25, 0.3) is 0 Å². The Bertz CT molecular complexity index is 622. The lowest BCUT2D eigenvalue weighted by atomic mass is 9.90. The van der Waals surface area contributed by atoms with Crippen LogP contribution in [0.5, 0.6) is 5.75 Å². The number of carbonyl (C=O) groups excluding carboxylic acids is 2. The zero-order chi connectivity index (χ0) is 16.9. The molecule has 0 saturated heterocycles. The number of rotatable bonds is 6. The van der Waals surface area contributed by atoms with Gasteiger partial charge in [-0.2, -0.15) is 5.26 Å². The molecule has 0 aliphatic carbocycles. The van der Waals surface area contributed by atoms with E-state index >= 15 is 0 Å². The highest BCUT2D eigenvalue weighted by Gasteiger charge is 2.30. The van der Waals surface area contributed by atoms with E-state index in [-0.39, 0.29) is 23.3 Å². The van der Waals surface area contributed by atoms with E-state index in [0.29, 0.717) is 11.3 Å². The first kappa shape index (κ1) is 18.0. The highest BCUT2D eigenvalue weighted by atomic mass is 35.5. The molecular formula is C16H19ClN2O3. The Morgan fingerprint density at radius 1 is 1.45 bits per heavy atom. The van der Waals surface area contributed by atoms with Crippen molar-refractivity contribution in [1.29, 1.82) is 5.26 Å². The van der Waals surface area contributed by atoms with Crippen LogP contribution in [-0.4, -0.2) is 23.8 Å². The smallest absolute Gasteiger partial charge is 0.259 e. The minimum Gasteiger partial charge on any atom is -0.482 e. The van der Waals surface area contributed by atoms with Crippen LogP contribution in [0.4, 0.5) is 0 Å². The standard InChI is InChI=1S/C16H19ClN2O3/c1-10(2)16(4,9-18)19-15(21)8-22-14-6-5-12(11(3)20)7-13(14)17/h5-7,10H,8H2,1-4H3,(H,19,21)/t16-/m1/s1. The Balaban J connectivity index is 2.69. The summed E-state index contributed by atoms with van der Waals surface area (Å²) in [4.78, 5) is 23.1. The number of halogens is 1. The molecule has 1 amide bonds. The summed E-state index contributed by atoms with van der Waals surface area (Å²) in [6, 6.07) is 6.70. The predicted octanol–water partition coefficient (Wildman–Crippen LogP) is 2.98. The Morgan fingerprint density at radius 2 is 2.09 bits per heavy atom. The van der Waals surface area contributed by atoms with Gasteiger partial charge in [0.05, 0.1) is 11.1 Å². The van der Waals surface area contributed by atoms with Crippen molar-refractivity contribution < 1.29 is 14.3 Å². The molecule has 118 valence electrons. The van der Waals surface area contributed by atoms with E-state index in [1.54, 1.807) is 13.0 Å². The van der Waals surface area contributed by atoms with Gasteiger partial charge in [0.15, 0.2) is 12.4 Å². The number of benzene rings is 1. The van der Waals surface area contributed by atoms with Crippen molar-refractivity contribution in [3.8, 4) is 11.8 Å². The number of nitriles is 1. The maximum Gasteiger partial charge on any atom is 0.259 e. The summed E-state index contributed by atoms with van der Waals surface area (Å²) in [6.45, 7) is 6.53. The summed E-state index contributed by atoms with van der Waals surface area (Å²) in [7, 11) is 0. The van der Waals surface area contributed by atoms with Gasteiger partial charge < -0.3 is 10.1 Å². The summed E-state index contributed by atoms with van der Waals surface area (Å²) in [5.74, 6) is -0.248. The number of nitrogens with one attached hydrogen (secondary N) is 1. The van der Waals surface area contributed by atoms with Gasteiger partial charge in [0, 0.05) is 5.56 Å². The Kier molecular flexibility index (Phi) is 5.95. The van der Waals surface area contributed by atoms with Crippen molar-refractivity contribution in [2.24, 2.45) is 5.92 Å². The van der Waals surface area contributed by atoms with Crippen molar-refractivity contribution in [3.63, 3.8) is 0 Å². The normalized spacial score (nSPS) is 13.1. The van der Waals surface area contributed by atoms with Crippen molar-refractivity contribution >= 4 is 23.3 Å². The summed E-state index contributed by atoms with van der Waals surface area (Å²) >= 11 is 6.01. The number of nitrogens with zero attached hydrogens (tertiary/aromatic N) is 1. The second kappa shape index (κ2) is 7.28. The third kappa shape index (κ3) is 4.47. The SMILES string of the molecule is CC(=O)c1ccc(OCC(=O)N[C@](C)(C#N)C(C)C)c(Cl)c1. The Labute approximate surface area is 135 Å². The predicted molar refractivity (Wildman–Crippen MR) is 84.0 cm³/mol. The molecule has 0 aliphatic rings. The molecule has 0 heterocycles. The van der Waals surface area contributed by atoms with Gasteiger partial charge >= 0.3 is 0 Å². The molecule has 0 aliphatic heterocycles. The van der Waals surface area contributed by atoms with Gasteiger partial charge in [0.1, 0.15) is 11.3 Å². The fourth-order valence-electron chi connectivity index (χ4n) is 1.61. The number of carbonyl (C=O) groups is 2. The number of hydrogen-bond acceptors (Lipinski definition) is 4. The molecule has 22 heavy (non-hydrogen) atoms. The Hall–Kier alpha value is -2.06. The molecule has 1 N–H and O–H groups in total. The van der Waals surface area contributed by atoms with Crippen molar-refractivity contribution in [1.82, 2.24) is 5.32 Å². The molecule has 0 spiro atoms. The lowest BCUT2D eigenvalue weighted by Gasteiger charge is -2.27. The molecule has 0 fully saturated rings. The molecule has 0 aromatic heterocycles. The van der Waals surface area contributed by atoms with Crippen molar-refractivity contribution in [3.05, 3.63) is 28.8 Å². The minimum atomic E-state index is -0.956. The second-order valence-electron chi connectivity index (χ2n) is 5.51. The van der Waals surface area contributed by atoms with E-state index < -0.39 is 11.4 Å². The zero-order valence-electron chi connectivity index (χ0n) is 13.1. The topological polar surface area (TPSA) is 79.2 Å². The van der Waals surface area contributed by atoms with Crippen LogP contribution < -0.4 is 10.1 Å². The number of ketones is 1. The van der Waals surface area contributed by atoms with E-state index in [9.17, 15) is 9.59 Å². The van der Waals surface area contributed by atoms with Crippen LogP contribution in [0.1, 0.15) is 38.1 Å². The molecule has 1 rings (SSSR count). The van der Waals surface area contributed by atoms with Gasteiger partial charge in [0.2, 0.25) is 0 Å². The van der Waals surface area contributed by atoms with Crippen LogP contribution in [0, 0.1) is 17.2 Å². The van der Waals surface area contributed by atoms with Crippen LogP contribution in [0.15, 0.2) is 18.2 Å². The molecule has 0 bridgehead atoms. The third-order valence-electron chi connectivity index (χ3n) is 3.48. The second-order valence-corrected chi connectivity index (χ2v) is 5.91. The first-order valence-electron chi connectivity index (χ1n) is 6.85. The maximum atomic E-state index is 11.9. The van der Waals surface area contributed by atoms with Crippen LogP contribution in [-0.2, 0) is 4.79 Å². The molecule has 0 unspecified atom stereocenters. The Morgan fingerprint density at radius 3 is 2.55 bits per heavy atom. The highest BCUT2D eigenvalue weighted by Crippen LogP contribution is 2.25. The van der Waals surface area contributed by atoms with Crippen LogP contribution in [0.3, 0.4) is 0 Å². The largest absolute Gasteiger partial charge is 0.482 e. The molecule has 6 heteroatoms. The quantitative estimate of drug-likeness (QED) is 0.816. The first-order chi connectivity index (χ1) is 10.2. The van der Waals surface area contributed by atoms with Crippen LogP contribution in [0.2, 0.25) is 5.02 Å². The third-order valence-corrected chi connectivity index (χ3v) is 3.78. The highest BCUT2D eigenvalue weighted by molar-refractivity contribution is 6.32. The first-order valence-corrected chi connectivity index (χ1v) is 7.23. The molecule has 0 saturated carbocycles. The van der Waals surface area contributed by atoms with E-state index in [4.69, 9.17) is 21.6 Å². The average molecular weight is 323 g/mol. The zero-order valence-corrected chi connectivity index (χ0v) is 13.8. The lowest BCUT2D eigenvalue weighted by Crippen LogP contribution is -2.50. The number of ether oxygens (including phenoxy) is 1. The molecule has 1 aromatic rings. The van der Waals surface area contributed by atoms with Gasteiger partial charge in [0.25, 0.3) is 5.91 Å². The fourth-order valence-corrected chi connectivity index (χ4v) is 1.84. The lowest BCUT2D eigenvalue weighted by molar-refractivity contribution is -0.124. The van der Waals surface area contributed by atoms with E-state index in [1.165, 1.54) is 19.1 Å². The maximum absolute atomic E-state index is 11.9. The van der Waals surface area contributed by atoms with E-state index in [1.807, 2.05) is 13.8 Å². The minimum absolute atomic E-state index is 0.0418. The molecular weight excluding hydrogens is 304 g/mol. The summed E-state index contributed by atoms with van der Waals surface area (Å²) in [6.07, 6.45) is 0. The summed E-state index contributed by atoms with van der Waals surface area (Å²) in [5.41, 5.74) is -0.485. The van der Waals surface area contributed by atoms with Crippen molar-refractivity contribution in [2.45, 2.75) is 33.2 Å². The van der Waals surface area contributed by atoms with Gasteiger partial charge in [-0.15, -0.1) is 0 Å².